The highest BCUT2D eigenvalue weighted by Gasteiger charge is 2.24. The number of halogens is 1. The van der Waals surface area contributed by atoms with E-state index in [0.29, 0.717) is 39.7 Å². The highest BCUT2D eigenvalue weighted by atomic mass is 35.5. The molecule has 9 heteroatoms. The Labute approximate surface area is 208 Å². The molecule has 3 aromatic rings. The van der Waals surface area contributed by atoms with Gasteiger partial charge in [-0.2, -0.15) is 0 Å². The summed E-state index contributed by atoms with van der Waals surface area (Å²) in [6.07, 6.45) is 3.17. The molecule has 0 spiro atoms. The van der Waals surface area contributed by atoms with Crippen molar-refractivity contribution in [3.63, 3.8) is 0 Å². The average Bonchev–Trinajstić information content (AvgIpc) is 3.28. The fourth-order valence-electron chi connectivity index (χ4n) is 4.62. The minimum Gasteiger partial charge on any atom is -0.545 e. The van der Waals surface area contributed by atoms with Crippen LogP contribution in [0.25, 0.3) is 16.5 Å². The fraction of sp³-hybridized carbons (Fsp3) is 0.346. The van der Waals surface area contributed by atoms with Crippen LogP contribution >= 0.6 is 11.6 Å². The molecule has 0 saturated carbocycles. The van der Waals surface area contributed by atoms with Crippen molar-refractivity contribution in [2.24, 2.45) is 0 Å². The van der Waals surface area contributed by atoms with E-state index in [1.807, 2.05) is 18.2 Å². The molecule has 35 heavy (non-hydrogen) atoms. The van der Waals surface area contributed by atoms with Crippen LogP contribution in [0.1, 0.15) is 17.5 Å². The molecule has 2 aliphatic heterocycles. The molecule has 2 aromatic carbocycles. The molecule has 8 nitrogen and oxygen atoms in total. The zero-order chi connectivity index (χ0) is 24.4. The van der Waals surface area contributed by atoms with E-state index >= 15 is 0 Å². The minimum atomic E-state index is -1.35. The van der Waals surface area contributed by atoms with Crippen LogP contribution < -0.4 is 14.7 Å². The first-order chi connectivity index (χ1) is 17.0. The lowest BCUT2D eigenvalue weighted by Gasteiger charge is -2.26. The lowest BCUT2D eigenvalue weighted by Crippen LogP contribution is -2.37. The van der Waals surface area contributed by atoms with Gasteiger partial charge in [-0.1, -0.05) is 24.2 Å². The lowest BCUT2D eigenvalue weighted by atomic mass is 10.0. The van der Waals surface area contributed by atoms with Crippen LogP contribution in [0.2, 0.25) is 5.02 Å². The standard InChI is InChI=1S/C26H27ClN4O4/c1-17(26(32)33)20-14-21-22(15-24(20)35-10-2-6-30-8-11-34-12-9-30)28-16-29-25(21)31-7-5-18-3-4-19(27)13-23(18)31/h3-4,13-16H,1-2,5-12H2,(H,32,33)/p-1. The Bertz CT molecular complexity index is 1280. The van der Waals surface area contributed by atoms with E-state index in [1.165, 1.54) is 11.9 Å². The van der Waals surface area contributed by atoms with Crippen LogP contribution in [-0.4, -0.2) is 66.8 Å². The molecule has 3 heterocycles. The van der Waals surface area contributed by atoms with Crippen molar-refractivity contribution in [1.82, 2.24) is 14.9 Å². The van der Waals surface area contributed by atoms with Crippen LogP contribution in [0.4, 0.5) is 11.5 Å². The van der Waals surface area contributed by atoms with Gasteiger partial charge >= 0.3 is 0 Å². The Morgan fingerprint density at radius 2 is 2.00 bits per heavy atom. The SMILES string of the molecule is C=C(C(=O)[O-])c1cc2c(N3CCc4ccc(Cl)cc43)ncnc2cc1OCCCN1CCOCC1. The molecular weight excluding hydrogens is 468 g/mol. The second-order valence-corrected chi connectivity index (χ2v) is 9.10. The van der Waals surface area contributed by atoms with Crippen molar-refractivity contribution in [2.45, 2.75) is 12.8 Å². The topological polar surface area (TPSA) is 90.9 Å². The second-order valence-electron chi connectivity index (χ2n) is 8.66. The Morgan fingerprint density at radius 1 is 1.17 bits per heavy atom. The van der Waals surface area contributed by atoms with Gasteiger partial charge in [0.1, 0.15) is 17.9 Å². The highest BCUT2D eigenvalue weighted by molar-refractivity contribution is 6.31. The number of hydrogen-bond donors (Lipinski definition) is 0. The van der Waals surface area contributed by atoms with E-state index < -0.39 is 5.97 Å². The summed E-state index contributed by atoms with van der Waals surface area (Å²) in [6.45, 7) is 9.10. The van der Waals surface area contributed by atoms with Gasteiger partial charge in [0.2, 0.25) is 0 Å². The van der Waals surface area contributed by atoms with Crippen molar-refractivity contribution in [1.29, 1.82) is 0 Å². The molecule has 2 aliphatic rings. The third kappa shape index (κ3) is 4.96. The molecule has 0 aliphatic carbocycles. The number of ether oxygens (including phenoxy) is 2. The molecule has 0 amide bonds. The first kappa shape index (κ1) is 23.5. The number of fused-ring (bicyclic) bond motifs is 2. The molecule has 1 saturated heterocycles. The third-order valence-electron chi connectivity index (χ3n) is 6.47. The van der Waals surface area contributed by atoms with Gasteiger partial charge in [-0.15, -0.1) is 0 Å². The molecule has 1 fully saturated rings. The maximum absolute atomic E-state index is 11.7. The number of anilines is 2. The maximum Gasteiger partial charge on any atom is 0.144 e. The summed E-state index contributed by atoms with van der Waals surface area (Å²) in [6, 6.07) is 9.32. The summed E-state index contributed by atoms with van der Waals surface area (Å²) in [5, 5.41) is 13.1. The zero-order valence-electron chi connectivity index (χ0n) is 19.3. The first-order valence-electron chi connectivity index (χ1n) is 11.7. The second kappa shape index (κ2) is 10.2. The van der Waals surface area contributed by atoms with Crippen molar-refractivity contribution in [3.8, 4) is 5.75 Å². The van der Waals surface area contributed by atoms with E-state index in [-0.39, 0.29) is 5.57 Å². The number of nitrogens with zero attached hydrogens (tertiary/aromatic N) is 4. The van der Waals surface area contributed by atoms with Crippen molar-refractivity contribution < 1.29 is 19.4 Å². The molecule has 0 unspecified atom stereocenters. The van der Waals surface area contributed by atoms with Gasteiger partial charge < -0.3 is 24.3 Å². The quantitative estimate of drug-likeness (QED) is 0.349. The first-order valence-corrected chi connectivity index (χ1v) is 12.1. The maximum atomic E-state index is 11.7. The van der Waals surface area contributed by atoms with Crippen LogP contribution in [0.3, 0.4) is 0 Å². The highest BCUT2D eigenvalue weighted by Crippen LogP contribution is 2.40. The number of benzene rings is 2. The van der Waals surface area contributed by atoms with E-state index in [0.717, 1.165) is 57.9 Å². The van der Waals surface area contributed by atoms with Crippen molar-refractivity contribution >= 4 is 45.6 Å². The number of carboxylic acid groups (broad SMARTS) is 1. The number of aromatic nitrogens is 2. The van der Waals surface area contributed by atoms with Crippen molar-refractivity contribution in [3.05, 3.63) is 59.4 Å². The van der Waals surface area contributed by atoms with Crippen LogP contribution in [-0.2, 0) is 16.0 Å². The monoisotopic (exact) mass is 493 g/mol. The van der Waals surface area contributed by atoms with Gasteiger partial charge in [-0.25, -0.2) is 9.97 Å². The summed E-state index contributed by atoms with van der Waals surface area (Å²) >= 11 is 6.26. The molecule has 1 aromatic heterocycles. The van der Waals surface area contributed by atoms with E-state index in [9.17, 15) is 9.90 Å². The number of carbonyl (C=O) groups excluding carboxylic acids is 1. The zero-order valence-corrected chi connectivity index (χ0v) is 20.1. The van der Waals surface area contributed by atoms with Crippen LogP contribution in [0.5, 0.6) is 5.75 Å². The van der Waals surface area contributed by atoms with Gasteiger partial charge in [0.05, 0.1) is 31.3 Å². The molecule has 0 radical (unpaired) electrons. The van der Waals surface area contributed by atoms with Gasteiger partial charge in [0, 0.05) is 59.5 Å². The number of rotatable bonds is 8. The predicted octanol–water partition coefficient (Wildman–Crippen LogP) is 2.84. The summed E-state index contributed by atoms with van der Waals surface area (Å²) in [7, 11) is 0. The third-order valence-corrected chi connectivity index (χ3v) is 6.70. The van der Waals surface area contributed by atoms with Gasteiger partial charge in [-0.3, -0.25) is 4.90 Å². The number of morpholine rings is 1. The number of carbonyl (C=O) groups is 1. The summed E-state index contributed by atoms with van der Waals surface area (Å²) in [5.74, 6) is -0.246. The molecule has 5 rings (SSSR count). The number of carboxylic acids is 1. The predicted molar refractivity (Wildman–Crippen MR) is 133 cm³/mol. The number of aliphatic carboxylic acids is 1. The van der Waals surface area contributed by atoms with Gasteiger partial charge in [-0.05, 0) is 36.6 Å². The number of hydrogen-bond acceptors (Lipinski definition) is 8. The van der Waals surface area contributed by atoms with Crippen LogP contribution in [0, 0.1) is 0 Å². The summed E-state index contributed by atoms with van der Waals surface area (Å²) < 4.78 is 11.4. The largest absolute Gasteiger partial charge is 0.545 e. The van der Waals surface area contributed by atoms with Crippen LogP contribution in [0.15, 0.2) is 43.2 Å². The summed E-state index contributed by atoms with van der Waals surface area (Å²) in [4.78, 5) is 25.1. The molecule has 0 bridgehead atoms. The Morgan fingerprint density at radius 3 is 2.80 bits per heavy atom. The molecule has 0 N–H and O–H groups in total. The van der Waals surface area contributed by atoms with Gasteiger partial charge in [0.25, 0.3) is 0 Å². The van der Waals surface area contributed by atoms with Gasteiger partial charge in [0.15, 0.2) is 0 Å². The fourth-order valence-corrected chi connectivity index (χ4v) is 4.78. The van der Waals surface area contributed by atoms with E-state index in [2.05, 4.69) is 26.3 Å². The smallest absolute Gasteiger partial charge is 0.144 e. The Balaban J connectivity index is 1.45. The molecule has 0 atom stereocenters. The lowest BCUT2D eigenvalue weighted by molar-refractivity contribution is -0.295. The Hall–Kier alpha value is -3.20. The summed E-state index contributed by atoms with van der Waals surface area (Å²) in [5.41, 5.74) is 3.05. The Kier molecular flexibility index (Phi) is 6.86. The normalized spacial score (nSPS) is 15.9. The van der Waals surface area contributed by atoms with E-state index in [1.54, 1.807) is 12.1 Å². The molecule has 182 valence electrons. The molecular formula is C26H26ClN4O4-. The average molecular weight is 494 g/mol. The van der Waals surface area contributed by atoms with Crippen molar-refractivity contribution in [2.75, 3.05) is 50.9 Å². The van der Waals surface area contributed by atoms with E-state index in [4.69, 9.17) is 21.1 Å². The minimum absolute atomic E-state index is 0.144.